The van der Waals surface area contributed by atoms with Crippen LogP contribution in [0, 0.1) is 0 Å². The maximum absolute atomic E-state index is 12.2. The number of carbonyl (C=O) groups excluding carboxylic acids is 1. The van der Waals surface area contributed by atoms with Crippen molar-refractivity contribution in [3.05, 3.63) is 0 Å². The first-order valence-corrected chi connectivity index (χ1v) is 8.48. The molecule has 2 aliphatic heterocycles. The van der Waals surface area contributed by atoms with E-state index >= 15 is 0 Å². The first-order valence-electron chi connectivity index (χ1n) is 8.48. The zero-order valence-electron chi connectivity index (χ0n) is 13.3. The van der Waals surface area contributed by atoms with E-state index < -0.39 is 5.97 Å². The topological polar surface area (TPSA) is 70.1 Å². The Kier molecular flexibility index (Phi) is 7.12. The minimum atomic E-state index is -0.838. The second kappa shape index (κ2) is 9.10. The Bertz CT molecular complexity index is 369. The maximum Gasteiger partial charge on any atom is 0.303 e. The average molecular weight is 312 g/mol. The lowest BCUT2D eigenvalue weighted by atomic mass is 10.1. The SMILES string of the molecule is O=C(O)CCCC(=O)N1CCCO[C@H](CN2CCCCC2)C1. The van der Waals surface area contributed by atoms with Crippen LogP contribution >= 0.6 is 0 Å². The molecule has 2 saturated heterocycles. The number of likely N-dealkylation sites (tertiary alicyclic amines) is 1. The summed E-state index contributed by atoms with van der Waals surface area (Å²) in [6.45, 7) is 5.24. The van der Waals surface area contributed by atoms with Crippen molar-refractivity contribution in [3.8, 4) is 0 Å². The van der Waals surface area contributed by atoms with E-state index in [9.17, 15) is 9.59 Å². The Labute approximate surface area is 132 Å². The standard InChI is InChI=1S/C16H28N2O4/c19-15(6-4-7-16(20)21)18-10-5-11-22-14(13-18)12-17-8-2-1-3-9-17/h14H,1-13H2,(H,20,21)/t14-/m1/s1. The van der Waals surface area contributed by atoms with Crippen molar-refractivity contribution in [1.29, 1.82) is 0 Å². The highest BCUT2D eigenvalue weighted by atomic mass is 16.5. The fourth-order valence-electron chi connectivity index (χ4n) is 3.21. The maximum atomic E-state index is 12.2. The van der Waals surface area contributed by atoms with Gasteiger partial charge >= 0.3 is 5.97 Å². The van der Waals surface area contributed by atoms with Crippen LogP contribution in [-0.2, 0) is 14.3 Å². The zero-order valence-corrected chi connectivity index (χ0v) is 13.3. The molecule has 2 fully saturated rings. The fraction of sp³-hybridized carbons (Fsp3) is 0.875. The summed E-state index contributed by atoms with van der Waals surface area (Å²) >= 11 is 0. The Morgan fingerprint density at radius 2 is 1.82 bits per heavy atom. The van der Waals surface area contributed by atoms with Crippen molar-refractivity contribution in [2.45, 2.75) is 51.0 Å². The van der Waals surface area contributed by atoms with E-state index in [1.165, 1.54) is 19.3 Å². The number of piperidine rings is 1. The minimum Gasteiger partial charge on any atom is -0.481 e. The number of rotatable bonds is 6. The molecule has 0 unspecified atom stereocenters. The van der Waals surface area contributed by atoms with Gasteiger partial charge < -0.3 is 19.6 Å². The van der Waals surface area contributed by atoms with Crippen LogP contribution < -0.4 is 0 Å². The van der Waals surface area contributed by atoms with Crippen LogP contribution in [0.1, 0.15) is 44.9 Å². The summed E-state index contributed by atoms with van der Waals surface area (Å²) in [5, 5.41) is 8.66. The molecule has 0 aromatic carbocycles. The Morgan fingerprint density at radius 3 is 2.55 bits per heavy atom. The van der Waals surface area contributed by atoms with Gasteiger partial charge in [0, 0.05) is 39.1 Å². The molecule has 1 N–H and O–H groups in total. The lowest BCUT2D eigenvalue weighted by molar-refractivity contribution is -0.137. The molecule has 6 heteroatoms. The Balaban J connectivity index is 1.78. The predicted octanol–water partition coefficient (Wildman–Crippen LogP) is 1.34. The monoisotopic (exact) mass is 312 g/mol. The zero-order chi connectivity index (χ0) is 15.8. The van der Waals surface area contributed by atoms with Gasteiger partial charge in [-0.25, -0.2) is 0 Å². The number of hydrogen-bond acceptors (Lipinski definition) is 4. The summed E-state index contributed by atoms with van der Waals surface area (Å²) < 4.78 is 5.90. The van der Waals surface area contributed by atoms with Crippen LogP contribution in [0.15, 0.2) is 0 Å². The number of carboxylic acid groups (broad SMARTS) is 1. The number of carbonyl (C=O) groups is 2. The molecular formula is C16H28N2O4. The fourth-order valence-corrected chi connectivity index (χ4v) is 3.21. The molecule has 0 radical (unpaired) electrons. The lowest BCUT2D eigenvalue weighted by Gasteiger charge is -2.31. The van der Waals surface area contributed by atoms with Gasteiger partial charge in [-0.2, -0.15) is 0 Å². The van der Waals surface area contributed by atoms with E-state index in [2.05, 4.69) is 4.90 Å². The molecule has 0 aromatic rings. The molecule has 0 aromatic heterocycles. The summed E-state index contributed by atoms with van der Waals surface area (Å²) in [5.74, 6) is -0.773. The molecule has 2 rings (SSSR count). The van der Waals surface area contributed by atoms with E-state index in [1.807, 2.05) is 4.90 Å². The summed E-state index contributed by atoms with van der Waals surface area (Å²) in [6.07, 6.45) is 5.58. The van der Waals surface area contributed by atoms with Gasteiger partial charge in [0.2, 0.25) is 5.91 Å². The summed E-state index contributed by atoms with van der Waals surface area (Å²) in [6, 6.07) is 0. The number of aliphatic carboxylic acids is 1. The number of hydrogen-bond donors (Lipinski definition) is 1. The van der Waals surface area contributed by atoms with E-state index in [0.29, 0.717) is 26.0 Å². The van der Waals surface area contributed by atoms with Gasteiger partial charge in [0.1, 0.15) is 0 Å². The molecular weight excluding hydrogens is 284 g/mol. The molecule has 6 nitrogen and oxygen atoms in total. The molecule has 22 heavy (non-hydrogen) atoms. The van der Waals surface area contributed by atoms with Gasteiger partial charge in [-0.15, -0.1) is 0 Å². The predicted molar refractivity (Wildman–Crippen MR) is 82.7 cm³/mol. The molecule has 1 atom stereocenters. The van der Waals surface area contributed by atoms with Gasteiger partial charge in [-0.05, 0) is 38.8 Å². The number of nitrogens with zero attached hydrogens (tertiary/aromatic N) is 2. The first-order chi connectivity index (χ1) is 10.6. The van der Waals surface area contributed by atoms with Gasteiger partial charge in [0.05, 0.1) is 6.10 Å². The third kappa shape index (κ3) is 5.93. The lowest BCUT2D eigenvalue weighted by Crippen LogP contribution is -2.43. The number of carboxylic acids is 1. The van der Waals surface area contributed by atoms with E-state index in [0.717, 1.165) is 32.6 Å². The smallest absolute Gasteiger partial charge is 0.303 e. The van der Waals surface area contributed by atoms with Crippen LogP contribution in [0.25, 0.3) is 0 Å². The summed E-state index contributed by atoms with van der Waals surface area (Å²) in [5.41, 5.74) is 0. The minimum absolute atomic E-state index is 0.0628. The van der Waals surface area contributed by atoms with Crippen LogP contribution in [0.5, 0.6) is 0 Å². The van der Waals surface area contributed by atoms with Gasteiger partial charge in [-0.1, -0.05) is 6.42 Å². The second-order valence-corrected chi connectivity index (χ2v) is 6.29. The van der Waals surface area contributed by atoms with Crippen LogP contribution in [-0.4, -0.2) is 72.2 Å². The number of amides is 1. The van der Waals surface area contributed by atoms with Crippen molar-refractivity contribution in [2.75, 3.05) is 39.3 Å². The quantitative estimate of drug-likeness (QED) is 0.801. The van der Waals surface area contributed by atoms with E-state index in [1.54, 1.807) is 0 Å². The normalized spacial score (nSPS) is 24.0. The van der Waals surface area contributed by atoms with Crippen LogP contribution in [0.4, 0.5) is 0 Å². The average Bonchev–Trinajstić information content (AvgIpc) is 2.73. The van der Waals surface area contributed by atoms with Crippen molar-refractivity contribution < 1.29 is 19.4 Å². The molecule has 1 amide bonds. The van der Waals surface area contributed by atoms with Gasteiger partial charge in [-0.3, -0.25) is 9.59 Å². The van der Waals surface area contributed by atoms with Gasteiger partial charge in [0.15, 0.2) is 0 Å². The van der Waals surface area contributed by atoms with Crippen molar-refractivity contribution in [3.63, 3.8) is 0 Å². The highest BCUT2D eigenvalue weighted by molar-refractivity contribution is 5.77. The first kappa shape index (κ1) is 17.2. The van der Waals surface area contributed by atoms with Gasteiger partial charge in [0.25, 0.3) is 0 Å². The highest BCUT2D eigenvalue weighted by Gasteiger charge is 2.24. The van der Waals surface area contributed by atoms with Crippen molar-refractivity contribution in [1.82, 2.24) is 9.80 Å². The third-order valence-corrected chi connectivity index (χ3v) is 4.39. The van der Waals surface area contributed by atoms with E-state index in [-0.39, 0.29) is 18.4 Å². The second-order valence-electron chi connectivity index (χ2n) is 6.29. The van der Waals surface area contributed by atoms with Crippen molar-refractivity contribution in [2.24, 2.45) is 0 Å². The molecule has 0 bridgehead atoms. The molecule has 2 heterocycles. The molecule has 0 spiro atoms. The largest absolute Gasteiger partial charge is 0.481 e. The third-order valence-electron chi connectivity index (χ3n) is 4.39. The summed E-state index contributed by atoms with van der Waals surface area (Å²) in [7, 11) is 0. The number of ether oxygens (including phenoxy) is 1. The van der Waals surface area contributed by atoms with Crippen LogP contribution in [0.3, 0.4) is 0 Å². The Morgan fingerprint density at radius 1 is 1.05 bits per heavy atom. The molecule has 0 saturated carbocycles. The van der Waals surface area contributed by atoms with E-state index in [4.69, 9.17) is 9.84 Å². The molecule has 126 valence electrons. The Hall–Kier alpha value is -1.14. The van der Waals surface area contributed by atoms with Crippen LogP contribution in [0.2, 0.25) is 0 Å². The highest BCUT2D eigenvalue weighted by Crippen LogP contribution is 2.14. The molecule has 0 aliphatic carbocycles. The summed E-state index contributed by atoms with van der Waals surface area (Å²) in [4.78, 5) is 27.1. The van der Waals surface area contributed by atoms with Crippen molar-refractivity contribution >= 4 is 11.9 Å². The molecule has 2 aliphatic rings.